The first-order valence-corrected chi connectivity index (χ1v) is 11.6. The predicted molar refractivity (Wildman–Crippen MR) is 124 cm³/mol. The number of amides is 2. The number of nitrogens with one attached hydrogen (secondary N) is 2. The number of hydrogen-bond acceptors (Lipinski definition) is 4. The molecule has 33 heavy (non-hydrogen) atoms. The number of rotatable bonds is 7. The van der Waals surface area contributed by atoms with Crippen LogP contribution in [0.25, 0.3) is 11.1 Å². The number of carboxylic acids is 1. The van der Waals surface area contributed by atoms with Gasteiger partial charge in [-0.3, -0.25) is 9.59 Å². The molecule has 2 aliphatic rings. The van der Waals surface area contributed by atoms with Crippen molar-refractivity contribution in [3.8, 4) is 11.1 Å². The van der Waals surface area contributed by atoms with E-state index in [1.54, 1.807) is 0 Å². The normalized spacial score (nSPS) is 20.3. The van der Waals surface area contributed by atoms with Gasteiger partial charge in [-0.2, -0.15) is 0 Å². The van der Waals surface area contributed by atoms with Crippen molar-refractivity contribution in [3.05, 3.63) is 59.7 Å². The molecular formula is C26H30N2O5. The first kappa shape index (κ1) is 22.8. The summed E-state index contributed by atoms with van der Waals surface area (Å²) in [6.07, 6.45) is 2.34. The zero-order valence-corrected chi connectivity index (χ0v) is 18.8. The Hall–Kier alpha value is -3.35. The molecule has 0 aromatic heterocycles. The second kappa shape index (κ2) is 10.1. The van der Waals surface area contributed by atoms with Crippen LogP contribution in [0.4, 0.5) is 4.79 Å². The first-order chi connectivity index (χ1) is 16.0. The Balaban J connectivity index is 1.33. The number of carbonyl (C=O) groups is 3. The summed E-state index contributed by atoms with van der Waals surface area (Å²) in [7, 11) is 0. The van der Waals surface area contributed by atoms with Gasteiger partial charge in [0.15, 0.2) is 0 Å². The highest BCUT2D eigenvalue weighted by atomic mass is 16.5. The molecule has 2 aliphatic carbocycles. The third kappa shape index (κ3) is 5.02. The van der Waals surface area contributed by atoms with E-state index in [4.69, 9.17) is 4.74 Å². The van der Waals surface area contributed by atoms with Crippen molar-refractivity contribution in [2.45, 2.75) is 57.0 Å². The minimum absolute atomic E-state index is 0.0488. The zero-order chi connectivity index (χ0) is 23.4. The molecule has 1 fully saturated rings. The molecule has 2 aromatic rings. The summed E-state index contributed by atoms with van der Waals surface area (Å²) in [5.74, 6) is -1.61. The minimum Gasteiger partial charge on any atom is -0.481 e. The predicted octanol–water partition coefficient (Wildman–Crippen LogP) is 4.06. The van der Waals surface area contributed by atoms with Crippen molar-refractivity contribution in [2.24, 2.45) is 5.92 Å². The van der Waals surface area contributed by atoms with Gasteiger partial charge in [-0.25, -0.2) is 4.79 Å². The van der Waals surface area contributed by atoms with Crippen LogP contribution in [0.1, 0.15) is 56.1 Å². The maximum absolute atomic E-state index is 12.7. The number of carboxylic acid groups (broad SMARTS) is 1. The van der Waals surface area contributed by atoms with Gasteiger partial charge in [0.2, 0.25) is 5.91 Å². The molecule has 2 aromatic carbocycles. The highest BCUT2D eigenvalue weighted by molar-refractivity contribution is 5.86. The highest BCUT2D eigenvalue weighted by Gasteiger charge is 2.31. The summed E-state index contributed by atoms with van der Waals surface area (Å²) in [5, 5.41) is 14.8. The third-order valence-corrected chi connectivity index (χ3v) is 6.73. The number of carbonyl (C=O) groups excluding carboxylic acids is 2. The van der Waals surface area contributed by atoms with E-state index in [9.17, 15) is 19.5 Å². The molecule has 174 valence electrons. The summed E-state index contributed by atoms with van der Waals surface area (Å²) >= 11 is 0. The number of aliphatic carboxylic acids is 1. The van der Waals surface area contributed by atoms with Crippen LogP contribution in [0.15, 0.2) is 48.5 Å². The Morgan fingerprint density at radius 3 is 2.27 bits per heavy atom. The second-order valence-corrected chi connectivity index (χ2v) is 8.84. The molecule has 4 rings (SSSR count). The molecule has 7 heteroatoms. The van der Waals surface area contributed by atoms with Crippen molar-refractivity contribution in [2.75, 3.05) is 6.61 Å². The number of ether oxygens (including phenoxy) is 1. The van der Waals surface area contributed by atoms with Gasteiger partial charge >= 0.3 is 12.1 Å². The Morgan fingerprint density at radius 1 is 1.03 bits per heavy atom. The molecule has 7 nitrogen and oxygen atoms in total. The lowest BCUT2D eigenvalue weighted by molar-refractivity contribution is -0.143. The molecule has 0 aliphatic heterocycles. The van der Waals surface area contributed by atoms with Gasteiger partial charge < -0.3 is 20.5 Å². The average molecular weight is 451 g/mol. The maximum atomic E-state index is 12.7. The monoisotopic (exact) mass is 450 g/mol. The van der Waals surface area contributed by atoms with E-state index in [1.165, 1.54) is 0 Å². The second-order valence-electron chi connectivity index (χ2n) is 8.84. The number of benzene rings is 2. The topological polar surface area (TPSA) is 105 Å². The van der Waals surface area contributed by atoms with Gasteiger partial charge in [-0.05, 0) is 47.9 Å². The van der Waals surface area contributed by atoms with Crippen LogP contribution in [0.2, 0.25) is 0 Å². The molecule has 0 heterocycles. The molecule has 0 bridgehead atoms. The highest BCUT2D eigenvalue weighted by Crippen LogP contribution is 2.44. The largest absolute Gasteiger partial charge is 0.481 e. The van der Waals surface area contributed by atoms with Crippen molar-refractivity contribution in [1.29, 1.82) is 0 Å². The smallest absolute Gasteiger partial charge is 0.407 e. The third-order valence-electron chi connectivity index (χ3n) is 6.73. The van der Waals surface area contributed by atoms with Crippen LogP contribution in [-0.4, -0.2) is 41.8 Å². The van der Waals surface area contributed by atoms with E-state index in [-0.39, 0.29) is 24.5 Å². The standard InChI is InChI=1S/C26H30N2O5/c1-2-23(24(29)27-17-9-7-8-16(14-17)25(30)31)28-26(32)33-15-22-20-12-5-3-10-18(20)19-11-4-6-13-21(19)22/h3-6,10-13,16-17,22-23H,2,7-9,14-15H2,1H3,(H,27,29)(H,28,32)(H,30,31)/t16?,17?,23-/m0/s1. The van der Waals surface area contributed by atoms with Crippen molar-refractivity contribution >= 4 is 18.0 Å². The van der Waals surface area contributed by atoms with Crippen LogP contribution in [0.3, 0.4) is 0 Å². The van der Waals surface area contributed by atoms with E-state index >= 15 is 0 Å². The quantitative estimate of drug-likeness (QED) is 0.590. The lowest BCUT2D eigenvalue weighted by Gasteiger charge is -2.29. The summed E-state index contributed by atoms with van der Waals surface area (Å²) in [6.45, 7) is 2.00. The van der Waals surface area contributed by atoms with Crippen LogP contribution < -0.4 is 10.6 Å². The Morgan fingerprint density at radius 2 is 1.67 bits per heavy atom. The molecule has 3 atom stereocenters. The van der Waals surface area contributed by atoms with Crippen LogP contribution in [0.5, 0.6) is 0 Å². The van der Waals surface area contributed by atoms with Gasteiger partial charge in [0.25, 0.3) is 0 Å². The Labute approximate surface area is 193 Å². The fourth-order valence-electron chi connectivity index (χ4n) is 4.98. The molecule has 3 N–H and O–H groups in total. The van der Waals surface area contributed by atoms with E-state index in [1.807, 2.05) is 31.2 Å². The minimum atomic E-state index is -0.822. The van der Waals surface area contributed by atoms with E-state index in [2.05, 4.69) is 34.9 Å². The van der Waals surface area contributed by atoms with Gasteiger partial charge in [-0.1, -0.05) is 61.9 Å². The van der Waals surface area contributed by atoms with Gasteiger partial charge in [-0.15, -0.1) is 0 Å². The fraction of sp³-hybridized carbons (Fsp3) is 0.423. The molecule has 0 spiro atoms. The molecule has 2 amide bonds. The van der Waals surface area contributed by atoms with Crippen molar-refractivity contribution in [3.63, 3.8) is 0 Å². The number of hydrogen-bond donors (Lipinski definition) is 3. The Kier molecular flexibility index (Phi) is 6.96. The maximum Gasteiger partial charge on any atom is 0.407 e. The van der Waals surface area contributed by atoms with Gasteiger partial charge in [0, 0.05) is 12.0 Å². The van der Waals surface area contributed by atoms with Crippen LogP contribution in [-0.2, 0) is 14.3 Å². The van der Waals surface area contributed by atoms with Crippen molar-refractivity contribution in [1.82, 2.24) is 10.6 Å². The fourth-order valence-corrected chi connectivity index (χ4v) is 4.98. The number of fused-ring (bicyclic) bond motifs is 3. The van der Waals surface area contributed by atoms with E-state index in [0.29, 0.717) is 19.3 Å². The Bertz CT molecular complexity index is 991. The van der Waals surface area contributed by atoms with E-state index < -0.39 is 24.0 Å². The summed E-state index contributed by atoms with van der Waals surface area (Å²) < 4.78 is 5.55. The summed E-state index contributed by atoms with van der Waals surface area (Å²) in [6, 6.07) is 15.3. The average Bonchev–Trinajstić information content (AvgIpc) is 3.15. The van der Waals surface area contributed by atoms with Crippen molar-refractivity contribution < 1.29 is 24.2 Å². The number of alkyl carbamates (subject to hydrolysis) is 1. The van der Waals surface area contributed by atoms with E-state index in [0.717, 1.165) is 35.1 Å². The molecule has 1 saturated carbocycles. The molecule has 0 saturated heterocycles. The lowest BCUT2D eigenvalue weighted by Crippen LogP contribution is -2.50. The zero-order valence-electron chi connectivity index (χ0n) is 18.8. The van der Waals surface area contributed by atoms with Gasteiger partial charge in [0.05, 0.1) is 5.92 Å². The summed E-state index contributed by atoms with van der Waals surface area (Å²) in [4.78, 5) is 36.5. The van der Waals surface area contributed by atoms with Crippen LogP contribution >= 0.6 is 0 Å². The SMILES string of the molecule is CC[C@H](NC(=O)OCC1c2ccccc2-c2ccccc21)C(=O)NC1CCCC(C(=O)O)C1. The lowest BCUT2D eigenvalue weighted by atomic mass is 9.85. The molecular weight excluding hydrogens is 420 g/mol. The molecule has 0 radical (unpaired) electrons. The van der Waals surface area contributed by atoms with Gasteiger partial charge in [0.1, 0.15) is 12.6 Å². The summed E-state index contributed by atoms with van der Waals surface area (Å²) in [5.41, 5.74) is 4.56. The van der Waals surface area contributed by atoms with Crippen LogP contribution in [0, 0.1) is 5.92 Å². The molecule has 2 unspecified atom stereocenters. The first-order valence-electron chi connectivity index (χ1n) is 11.6.